The third kappa shape index (κ3) is 5.07. The molecule has 4 rings (SSSR count). The summed E-state index contributed by atoms with van der Waals surface area (Å²) in [5.74, 6) is -0.0237. The molecule has 1 amide bonds. The van der Waals surface area contributed by atoms with Gasteiger partial charge in [0.15, 0.2) is 0 Å². The highest BCUT2D eigenvalue weighted by atomic mass is 19.1. The molecule has 1 heterocycles. The SMILES string of the molecule is COc1ccc(N2CC=C(C(=O)NC3CCCC(N)C3)C=C2c2ccc(C#N)c(F)c2)cc1. The highest BCUT2D eigenvalue weighted by molar-refractivity contribution is 6.00. The summed E-state index contributed by atoms with van der Waals surface area (Å²) in [5, 5.41) is 12.2. The number of amides is 1. The zero-order chi connectivity index (χ0) is 23.4. The molecule has 0 spiro atoms. The fourth-order valence-electron chi connectivity index (χ4n) is 4.37. The Bertz CT molecular complexity index is 1130. The average Bonchev–Trinajstić information content (AvgIpc) is 2.83. The minimum absolute atomic E-state index is 0.0201. The number of rotatable bonds is 5. The molecule has 1 aliphatic carbocycles. The molecule has 2 aromatic carbocycles. The molecular formula is C26H27FN4O2. The van der Waals surface area contributed by atoms with Crippen LogP contribution in [-0.2, 0) is 4.79 Å². The number of anilines is 1. The van der Waals surface area contributed by atoms with Gasteiger partial charge < -0.3 is 20.7 Å². The van der Waals surface area contributed by atoms with Gasteiger partial charge in [-0.05, 0) is 68.2 Å². The molecule has 2 aliphatic rings. The number of methoxy groups -OCH3 is 1. The van der Waals surface area contributed by atoms with Crippen molar-refractivity contribution in [2.75, 3.05) is 18.6 Å². The van der Waals surface area contributed by atoms with Crippen molar-refractivity contribution in [3.8, 4) is 11.8 Å². The Labute approximate surface area is 193 Å². The number of ether oxygens (including phenoxy) is 1. The van der Waals surface area contributed by atoms with E-state index in [-0.39, 0.29) is 23.6 Å². The van der Waals surface area contributed by atoms with Gasteiger partial charge in [0.05, 0.1) is 12.7 Å². The zero-order valence-corrected chi connectivity index (χ0v) is 18.6. The number of nitriles is 1. The molecule has 7 heteroatoms. The molecule has 3 N–H and O–H groups in total. The van der Waals surface area contributed by atoms with Crippen molar-refractivity contribution >= 4 is 17.3 Å². The number of nitrogens with two attached hydrogens (primary N) is 1. The number of halogens is 1. The van der Waals surface area contributed by atoms with Crippen LogP contribution in [0.25, 0.3) is 5.70 Å². The Morgan fingerprint density at radius 1 is 1.24 bits per heavy atom. The van der Waals surface area contributed by atoms with Crippen molar-refractivity contribution in [2.45, 2.75) is 37.8 Å². The van der Waals surface area contributed by atoms with Crippen molar-refractivity contribution in [1.29, 1.82) is 5.26 Å². The van der Waals surface area contributed by atoms with Gasteiger partial charge >= 0.3 is 0 Å². The number of nitrogens with one attached hydrogen (secondary N) is 1. The number of benzene rings is 2. The summed E-state index contributed by atoms with van der Waals surface area (Å²) in [5.41, 5.74) is 8.71. The molecule has 0 radical (unpaired) electrons. The van der Waals surface area contributed by atoms with Crippen molar-refractivity contribution in [3.05, 3.63) is 77.1 Å². The molecule has 2 atom stereocenters. The number of hydrogen-bond acceptors (Lipinski definition) is 5. The Morgan fingerprint density at radius 3 is 2.70 bits per heavy atom. The van der Waals surface area contributed by atoms with Crippen LogP contribution in [0, 0.1) is 17.1 Å². The second-order valence-corrected chi connectivity index (χ2v) is 8.40. The monoisotopic (exact) mass is 446 g/mol. The second kappa shape index (κ2) is 9.88. The van der Waals surface area contributed by atoms with E-state index < -0.39 is 5.82 Å². The summed E-state index contributed by atoms with van der Waals surface area (Å²) in [7, 11) is 1.60. The number of nitrogens with zero attached hydrogens (tertiary/aromatic N) is 2. The fraction of sp³-hybridized carbons (Fsp3) is 0.308. The standard InChI is InChI=1S/C26H27FN4O2/c1-33-23-9-7-22(8-10-23)31-12-11-18(26(32)30-21-4-2-3-20(29)15-21)14-25(31)17-5-6-19(16-28)24(27)13-17/h5-11,13-14,20-21H,2-4,12,15,29H2,1H3,(H,30,32). The van der Waals surface area contributed by atoms with E-state index in [0.717, 1.165) is 37.1 Å². The van der Waals surface area contributed by atoms with E-state index in [2.05, 4.69) is 5.32 Å². The first-order valence-corrected chi connectivity index (χ1v) is 11.1. The topological polar surface area (TPSA) is 91.4 Å². The first kappa shape index (κ1) is 22.6. The van der Waals surface area contributed by atoms with Crippen LogP contribution < -0.4 is 20.7 Å². The molecule has 1 saturated carbocycles. The van der Waals surface area contributed by atoms with E-state index in [4.69, 9.17) is 15.7 Å². The first-order valence-electron chi connectivity index (χ1n) is 11.1. The van der Waals surface area contributed by atoms with E-state index >= 15 is 0 Å². The van der Waals surface area contributed by atoms with Gasteiger partial charge in [-0.3, -0.25) is 4.79 Å². The smallest absolute Gasteiger partial charge is 0.251 e. The Hall–Kier alpha value is -3.63. The van der Waals surface area contributed by atoms with Gasteiger partial charge in [-0.25, -0.2) is 4.39 Å². The van der Waals surface area contributed by atoms with Crippen LogP contribution in [0.5, 0.6) is 5.75 Å². The molecule has 2 aromatic rings. The zero-order valence-electron chi connectivity index (χ0n) is 18.6. The lowest BCUT2D eigenvalue weighted by molar-refractivity contribution is -0.118. The van der Waals surface area contributed by atoms with Crippen molar-refractivity contribution in [2.24, 2.45) is 5.73 Å². The maximum Gasteiger partial charge on any atom is 0.251 e. The largest absolute Gasteiger partial charge is 0.497 e. The molecule has 1 aliphatic heterocycles. The lowest BCUT2D eigenvalue weighted by Gasteiger charge is -2.31. The quantitative estimate of drug-likeness (QED) is 0.727. The van der Waals surface area contributed by atoms with Crippen molar-refractivity contribution < 1.29 is 13.9 Å². The van der Waals surface area contributed by atoms with E-state index in [0.29, 0.717) is 23.4 Å². The van der Waals surface area contributed by atoms with Crippen LogP contribution in [0.4, 0.5) is 10.1 Å². The maximum absolute atomic E-state index is 14.4. The van der Waals surface area contributed by atoms with E-state index in [1.165, 1.54) is 12.1 Å². The van der Waals surface area contributed by atoms with Gasteiger partial charge in [0, 0.05) is 41.1 Å². The van der Waals surface area contributed by atoms with Crippen molar-refractivity contribution in [3.63, 3.8) is 0 Å². The molecule has 0 bridgehead atoms. The normalized spacial score (nSPS) is 20.4. The lowest BCUT2D eigenvalue weighted by Crippen LogP contribution is -2.43. The third-order valence-corrected chi connectivity index (χ3v) is 6.16. The van der Waals surface area contributed by atoms with Gasteiger partial charge in [-0.15, -0.1) is 0 Å². The van der Waals surface area contributed by atoms with E-state index in [1.54, 1.807) is 19.3 Å². The van der Waals surface area contributed by atoms with Gasteiger partial charge in [-0.1, -0.05) is 12.1 Å². The summed E-state index contributed by atoms with van der Waals surface area (Å²) in [4.78, 5) is 15.0. The van der Waals surface area contributed by atoms with E-state index in [9.17, 15) is 9.18 Å². The third-order valence-electron chi connectivity index (χ3n) is 6.16. The molecule has 170 valence electrons. The minimum Gasteiger partial charge on any atom is -0.497 e. The minimum atomic E-state index is -0.595. The number of hydrogen-bond donors (Lipinski definition) is 2. The Balaban J connectivity index is 1.65. The molecule has 0 aromatic heterocycles. The molecule has 2 unspecified atom stereocenters. The second-order valence-electron chi connectivity index (χ2n) is 8.40. The van der Waals surface area contributed by atoms with Crippen LogP contribution in [0.2, 0.25) is 0 Å². The Kier molecular flexibility index (Phi) is 6.76. The first-order chi connectivity index (χ1) is 16.0. The number of carbonyl (C=O) groups excluding carboxylic acids is 1. The van der Waals surface area contributed by atoms with Crippen LogP contribution >= 0.6 is 0 Å². The molecule has 1 fully saturated rings. The van der Waals surface area contributed by atoms with E-state index in [1.807, 2.05) is 41.3 Å². The summed E-state index contributed by atoms with van der Waals surface area (Å²) < 4.78 is 19.7. The Morgan fingerprint density at radius 2 is 2.03 bits per heavy atom. The lowest BCUT2D eigenvalue weighted by atomic mass is 9.91. The van der Waals surface area contributed by atoms with Gasteiger partial charge in [0.1, 0.15) is 17.6 Å². The highest BCUT2D eigenvalue weighted by Crippen LogP contribution is 2.32. The summed E-state index contributed by atoms with van der Waals surface area (Å²) in [6, 6.07) is 14.0. The average molecular weight is 447 g/mol. The van der Waals surface area contributed by atoms with Gasteiger partial charge in [-0.2, -0.15) is 5.26 Å². The van der Waals surface area contributed by atoms with Crippen LogP contribution in [0.1, 0.15) is 36.8 Å². The molecule has 0 saturated heterocycles. The predicted molar refractivity (Wildman–Crippen MR) is 126 cm³/mol. The summed E-state index contributed by atoms with van der Waals surface area (Å²) in [6.45, 7) is 0.437. The summed E-state index contributed by atoms with van der Waals surface area (Å²) in [6.07, 6.45) is 7.32. The summed E-state index contributed by atoms with van der Waals surface area (Å²) >= 11 is 0. The van der Waals surface area contributed by atoms with Crippen LogP contribution in [-0.4, -0.2) is 31.6 Å². The molecule has 6 nitrogen and oxygen atoms in total. The van der Waals surface area contributed by atoms with Crippen molar-refractivity contribution in [1.82, 2.24) is 5.32 Å². The van der Waals surface area contributed by atoms with Crippen LogP contribution in [0.15, 0.2) is 60.2 Å². The fourth-order valence-corrected chi connectivity index (χ4v) is 4.37. The molecular weight excluding hydrogens is 419 g/mol. The van der Waals surface area contributed by atoms with Gasteiger partial charge in [0.25, 0.3) is 5.91 Å². The maximum atomic E-state index is 14.4. The predicted octanol–water partition coefficient (Wildman–Crippen LogP) is 3.88. The number of carbonyl (C=O) groups is 1. The van der Waals surface area contributed by atoms with Gasteiger partial charge in [0.2, 0.25) is 0 Å². The highest BCUT2D eigenvalue weighted by Gasteiger charge is 2.25. The molecule has 33 heavy (non-hydrogen) atoms. The van der Waals surface area contributed by atoms with Crippen LogP contribution in [0.3, 0.4) is 0 Å².